The summed E-state index contributed by atoms with van der Waals surface area (Å²) in [6.45, 7) is 1.23. The molecule has 1 rings (SSSR count). The van der Waals surface area contributed by atoms with E-state index in [4.69, 9.17) is 15.9 Å². The summed E-state index contributed by atoms with van der Waals surface area (Å²) >= 11 is 0. The van der Waals surface area contributed by atoms with E-state index < -0.39 is 66.2 Å². The van der Waals surface area contributed by atoms with E-state index in [9.17, 15) is 39.0 Å². The maximum absolute atomic E-state index is 12.6. The Balaban J connectivity index is 2.83. The van der Waals surface area contributed by atoms with Gasteiger partial charge in [-0.25, -0.2) is 4.79 Å². The molecule has 0 aliphatic carbocycles. The lowest BCUT2D eigenvalue weighted by Gasteiger charge is -2.23. The number of rotatable bonds is 14. The van der Waals surface area contributed by atoms with Crippen molar-refractivity contribution in [2.75, 3.05) is 0 Å². The van der Waals surface area contributed by atoms with E-state index in [1.807, 2.05) is 0 Å². The van der Waals surface area contributed by atoms with Gasteiger partial charge in [0.05, 0.1) is 12.5 Å². The van der Waals surface area contributed by atoms with E-state index in [1.165, 1.54) is 31.2 Å². The van der Waals surface area contributed by atoms with Crippen molar-refractivity contribution in [2.24, 2.45) is 5.73 Å². The summed E-state index contributed by atoms with van der Waals surface area (Å²) in [5.41, 5.74) is 6.03. The number of amides is 3. The summed E-state index contributed by atoms with van der Waals surface area (Å²) in [6, 6.07) is -0.0740. The molecule has 3 amide bonds. The van der Waals surface area contributed by atoms with Crippen molar-refractivity contribution < 1.29 is 49.2 Å². The van der Waals surface area contributed by atoms with E-state index in [2.05, 4.69) is 16.0 Å². The van der Waals surface area contributed by atoms with Gasteiger partial charge in [0.2, 0.25) is 17.7 Å². The van der Waals surface area contributed by atoms with E-state index in [-0.39, 0.29) is 25.0 Å². The lowest BCUT2D eigenvalue weighted by atomic mass is 10.0. The zero-order valence-electron chi connectivity index (χ0n) is 18.8. The van der Waals surface area contributed by atoms with Crippen LogP contribution in [0.2, 0.25) is 0 Å². The summed E-state index contributed by atoms with van der Waals surface area (Å²) < 4.78 is 0. The Morgan fingerprint density at radius 3 is 1.91 bits per heavy atom. The van der Waals surface area contributed by atoms with Crippen LogP contribution in [0.3, 0.4) is 0 Å². The van der Waals surface area contributed by atoms with E-state index in [0.717, 1.165) is 0 Å². The van der Waals surface area contributed by atoms with Crippen LogP contribution >= 0.6 is 0 Å². The van der Waals surface area contributed by atoms with Crippen LogP contribution in [-0.2, 0) is 35.2 Å². The average molecular weight is 496 g/mol. The molecule has 0 saturated heterocycles. The number of phenolic OH excluding ortho intramolecular Hbond substituents is 1. The highest BCUT2D eigenvalue weighted by atomic mass is 16.4. The summed E-state index contributed by atoms with van der Waals surface area (Å²) in [6.07, 6.45) is -1.61. The fraction of sp³-hybridized carbons (Fsp3) is 0.429. The van der Waals surface area contributed by atoms with E-state index in [1.54, 1.807) is 0 Å². The Labute approximate surface area is 199 Å². The zero-order chi connectivity index (χ0) is 26.7. The van der Waals surface area contributed by atoms with Crippen molar-refractivity contribution >= 4 is 35.6 Å². The number of aromatic hydroxyl groups is 1. The molecular formula is C21H28N4O10. The van der Waals surface area contributed by atoms with Gasteiger partial charge in [-0.3, -0.25) is 24.0 Å². The standard InChI is InChI=1S/C21H28N4O10/c1-10(23-19(32)13(22)6-7-16(27)28)18(31)24-14(9-17(29)30)20(33)25-15(21(34)35)8-11-2-4-12(26)5-3-11/h2-5,10,13-15,26H,6-9,22H2,1H3,(H,23,32)(H,24,31)(H,25,33)(H,27,28)(H,29,30)(H,34,35). The third kappa shape index (κ3) is 10.5. The summed E-state index contributed by atoms with van der Waals surface area (Å²) in [7, 11) is 0. The first-order valence-corrected chi connectivity index (χ1v) is 10.4. The van der Waals surface area contributed by atoms with Crippen LogP contribution in [0.4, 0.5) is 0 Å². The van der Waals surface area contributed by atoms with Gasteiger partial charge in [0.1, 0.15) is 23.9 Å². The van der Waals surface area contributed by atoms with Crippen LogP contribution in [0, 0.1) is 0 Å². The normalized spacial score (nSPS) is 14.0. The molecule has 0 spiro atoms. The molecule has 35 heavy (non-hydrogen) atoms. The van der Waals surface area contributed by atoms with Crippen molar-refractivity contribution in [1.29, 1.82) is 0 Å². The molecule has 1 aromatic carbocycles. The number of nitrogens with two attached hydrogens (primary N) is 1. The SMILES string of the molecule is CC(NC(=O)C(N)CCC(=O)O)C(=O)NC(CC(=O)O)C(=O)NC(Cc1ccc(O)cc1)C(=O)O. The highest BCUT2D eigenvalue weighted by Crippen LogP contribution is 2.12. The monoisotopic (exact) mass is 496 g/mol. The van der Waals surface area contributed by atoms with Crippen LogP contribution in [-0.4, -0.2) is 80.2 Å². The first-order chi connectivity index (χ1) is 16.3. The molecule has 0 bridgehead atoms. The van der Waals surface area contributed by atoms with Gasteiger partial charge in [-0.2, -0.15) is 0 Å². The van der Waals surface area contributed by atoms with Gasteiger partial charge in [-0.05, 0) is 31.0 Å². The Bertz CT molecular complexity index is 950. The molecule has 0 fully saturated rings. The molecule has 4 unspecified atom stereocenters. The fourth-order valence-corrected chi connectivity index (χ4v) is 2.82. The van der Waals surface area contributed by atoms with Crippen molar-refractivity contribution in [3.63, 3.8) is 0 Å². The molecule has 192 valence electrons. The quantitative estimate of drug-likeness (QED) is 0.142. The number of hydrogen-bond acceptors (Lipinski definition) is 8. The average Bonchev–Trinajstić information content (AvgIpc) is 2.77. The molecule has 0 radical (unpaired) electrons. The highest BCUT2D eigenvalue weighted by molar-refractivity contribution is 5.95. The van der Waals surface area contributed by atoms with Crippen LogP contribution in [0.25, 0.3) is 0 Å². The van der Waals surface area contributed by atoms with Gasteiger partial charge < -0.3 is 42.1 Å². The second kappa shape index (κ2) is 13.5. The Morgan fingerprint density at radius 2 is 1.40 bits per heavy atom. The third-order valence-corrected chi connectivity index (χ3v) is 4.76. The van der Waals surface area contributed by atoms with Crippen molar-refractivity contribution in [3.05, 3.63) is 29.8 Å². The molecule has 0 aromatic heterocycles. The number of benzene rings is 1. The number of carbonyl (C=O) groups is 6. The molecule has 0 aliphatic rings. The van der Waals surface area contributed by atoms with E-state index >= 15 is 0 Å². The number of carboxylic acid groups (broad SMARTS) is 3. The van der Waals surface area contributed by atoms with Crippen LogP contribution in [0.5, 0.6) is 5.75 Å². The third-order valence-electron chi connectivity index (χ3n) is 4.76. The Kier molecular flexibility index (Phi) is 11.1. The number of nitrogens with one attached hydrogen (secondary N) is 3. The molecule has 9 N–H and O–H groups in total. The molecule has 14 heteroatoms. The van der Waals surface area contributed by atoms with Gasteiger partial charge >= 0.3 is 17.9 Å². The van der Waals surface area contributed by atoms with Crippen LogP contribution in [0.15, 0.2) is 24.3 Å². The topological polar surface area (TPSA) is 245 Å². The fourth-order valence-electron chi connectivity index (χ4n) is 2.82. The summed E-state index contributed by atoms with van der Waals surface area (Å²) in [5, 5.41) is 43.1. The van der Waals surface area contributed by atoms with Crippen molar-refractivity contribution in [2.45, 2.75) is 56.8 Å². The Morgan fingerprint density at radius 1 is 0.829 bits per heavy atom. The van der Waals surface area contributed by atoms with Gasteiger partial charge in [-0.15, -0.1) is 0 Å². The van der Waals surface area contributed by atoms with Crippen molar-refractivity contribution in [1.82, 2.24) is 16.0 Å². The second-order valence-electron chi connectivity index (χ2n) is 7.70. The predicted molar refractivity (Wildman–Crippen MR) is 118 cm³/mol. The zero-order valence-corrected chi connectivity index (χ0v) is 18.8. The smallest absolute Gasteiger partial charge is 0.326 e. The highest BCUT2D eigenvalue weighted by Gasteiger charge is 2.30. The van der Waals surface area contributed by atoms with Crippen LogP contribution < -0.4 is 21.7 Å². The number of carbonyl (C=O) groups excluding carboxylic acids is 3. The molecule has 0 aliphatic heterocycles. The number of aliphatic carboxylic acids is 3. The molecule has 0 heterocycles. The molecule has 1 aromatic rings. The largest absolute Gasteiger partial charge is 0.508 e. The minimum atomic E-state index is -1.67. The Hall–Kier alpha value is -4.20. The van der Waals surface area contributed by atoms with Gasteiger partial charge in [0.15, 0.2) is 0 Å². The number of phenols is 1. The molecule has 0 saturated carbocycles. The summed E-state index contributed by atoms with van der Waals surface area (Å²) in [5.74, 6) is -6.93. The van der Waals surface area contributed by atoms with Gasteiger partial charge in [0.25, 0.3) is 0 Å². The lowest BCUT2D eigenvalue weighted by molar-refractivity contribution is -0.143. The second-order valence-corrected chi connectivity index (χ2v) is 7.70. The maximum Gasteiger partial charge on any atom is 0.326 e. The molecule has 14 nitrogen and oxygen atoms in total. The number of carboxylic acids is 3. The number of hydrogen-bond donors (Lipinski definition) is 8. The predicted octanol–water partition coefficient (Wildman–Crippen LogP) is -1.84. The minimum Gasteiger partial charge on any atom is -0.508 e. The van der Waals surface area contributed by atoms with E-state index in [0.29, 0.717) is 5.56 Å². The van der Waals surface area contributed by atoms with Crippen LogP contribution in [0.1, 0.15) is 31.7 Å². The van der Waals surface area contributed by atoms with Gasteiger partial charge in [0, 0.05) is 12.8 Å². The first kappa shape index (κ1) is 28.8. The molecular weight excluding hydrogens is 468 g/mol. The van der Waals surface area contributed by atoms with Crippen molar-refractivity contribution in [3.8, 4) is 5.75 Å². The first-order valence-electron chi connectivity index (χ1n) is 10.4. The lowest BCUT2D eigenvalue weighted by Crippen LogP contribution is -2.57. The van der Waals surface area contributed by atoms with Gasteiger partial charge in [-0.1, -0.05) is 12.1 Å². The molecule has 4 atom stereocenters. The summed E-state index contributed by atoms with van der Waals surface area (Å²) in [4.78, 5) is 70.4. The minimum absolute atomic E-state index is 0.0436. The maximum atomic E-state index is 12.6.